The van der Waals surface area contributed by atoms with Gasteiger partial charge in [-0.15, -0.1) is 0 Å². The molecule has 2 saturated heterocycles. The molecule has 3 aliphatic rings. The molecule has 2 amide bonds. The number of benzene rings is 1. The van der Waals surface area contributed by atoms with Gasteiger partial charge >= 0.3 is 6.03 Å². The minimum absolute atomic E-state index is 0.0305. The summed E-state index contributed by atoms with van der Waals surface area (Å²) in [5, 5.41) is 3.09. The van der Waals surface area contributed by atoms with Crippen molar-refractivity contribution in [1.29, 1.82) is 0 Å². The van der Waals surface area contributed by atoms with Crippen molar-refractivity contribution in [2.75, 3.05) is 49.5 Å². The Balaban J connectivity index is 1.35. The third-order valence-electron chi connectivity index (χ3n) is 5.71. The predicted octanol–water partition coefficient (Wildman–Crippen LogP) is 3.07. The number of hydrogen-bond donors (Lipinski definition) is 1. The minimum atomic E-state index is 0.0305. The highest BCUT2D eigenvalue weighted by molar-refractivity contribution is 5.90. The molecule has 1 aromatic carbocycles. The van der Waals surface area contributed by atoms with Crippen molar-refractivity contribution >= 4 is 17.4 Å². The van der Waals surface area contributed by atoms with Crippen molar-refractivity contribution < 1.29 is 4.79 Å². The first-order valence-electron chi connectivity index (χ1n) is 9.51. The number of likely N-dealkylation sites (tertiary alicyclic amines) is 1. The van der Waals surface area contributed by atoms with Gasteiger partial charge in [0, 0.05) is 56.7 Å². The summed E-state index contributed by atoms with van der Waals surface area (Å²) >= 11 is 0. The zero-order valence-electron chi connectivity index (χ0n) is 15.1. The molecule has 5 heteroatoms. The molecule has 25 heavy (non-hydrogen) atoms. The average Bonchev–Trinajstić information content (AvgIpc) is 3.35. The van der Waals surface area contributed by atoms with E-state index < -0.39 is 0 Å². The molecule has 2 fully saturated rings. The van der Waals surface area contributed by atoms with Gasteiger partial charge in [0.2, 0.25) is 0 Å². The molecule has 0 bridgehead atoms. The second-order valence-electron chi connectivity index (χ2n) is 7.44. The van der Waals surface area contributed by atoms with Crippen LogP contribution in [0.4, 0.5) is 16.2 Å². The standard InChI is InChI=1S/C20H28N4O/c1-16-14-17(6-7-19(16)23-11-4-5-12-23)21-20(25)24-13-8-18(15-24)22-9-2-3-10-22/h2-3,6-7,14,18H,4-5,8-13,15H2,1H3,(H,21,25)/t18-/m1/s1. The molecule has 0 aromatic heterocycles. The summed E-state index contributed by atoms with van der Waals surface area (Å²) in [6, 6.07) is 6.82. The van der Waals surface area contributed by atoms with E-state index in [4.69, 9.17) is 0 Å². The summed E-state index contributed by atoms with van der Waals surface area (Å²) in [7, 11) is 0. The summed E-state index contributed by atoms with van der Waals surface area (Å²) < 4.78 is 0. The highest BCUT2D eigenvalue weighted by Gasteiger charge is 2.30. The van der Waals surface area contributed by atoms with Crippen LogP contribution in [-0.4, -0.2) is 61.1 Å². The Morgan fingerprint density at radius 2 is 1.88 bits per heavy atom. The lowest BCUT2D eigenvalue weighted by molar-refractivity contribution is 0.212. The molecule has 134 valence electrons. The largest absolute Gasteiger partial charge is 0.371 e. The molecule has 3 aliphatic heterocycles. The van der Waals surface area contributed by atoms with Crippen LogP contribution in [0, 0.1) is 6.92 Å². The van der Waals surface area contributed by atoms with Gasteiger partial charge in [-0.3, -0.25) is 4.90 Å². The normalized spacial score (nSPS) is 23.6. The van der Waals surface area contributed by atoms with Crippen LogP contribution in [0.1, 0.15) is 24.8 Å². The van der Waals surface area contributed by atoms with Crippen molar-refractivity contribution in [2.24, 2.45) is 0 Å². The lowest BCUT2D eigenvalue weighted by Gasteiger charge is -2.24. The molecule has 4 rings (SSSR count). The fourth-order valence-corrected chi connectivity index (χ4v) is 4.27. The molecule has 0 saturated carbocycles. The molecule has 1 N–H and O–H groups in total. The van der Waals surface area contributed by atoms with Gasteiger partial charge in [-0.05, 0) is 49.9 Å². The van der Waals surface area contributed by atoms with Crippen LogP contribution >= 0.6 is 0 Å². The Morgan fingerprint density at radius 1 is 1.12 bits per heavy atom. The van der Waals surface area contributed by atoms with Gasteiger partial charge in [0.25, 0.3) is 0 Å². The number of carbonyl (C=O) groups is 1. The fourth-order valence-electron chi connectivity index (χ4n) is 4.27. The monoisotopic (exact) mass is 340 g/mol. The molecule has 0 spiro atoms. The number of urea groups is 1. The molecule has 5 nitrogen and oxygen atoms in total. The Kier molecular flexibility index (Phi) is 4.66. The van der Waals surface area contributed by atoms with E-state index in [-0.39, 0.29) is 6.03 Å². The van der Waals surface area contributed by atoms with Crippen molar-refractivity contribution in [3.05, 3.63) is 35.9 Å². The zero-order chi connectivity index (χ0) is 17.2. The minimum Gasteiger partial charge on any atom is -0.371 e. The molecule has 1 aromatic rings. The van der Waals surface area contributed by atoms with Gasteiger partial charge in [0.15, 0.2) is 0 Å². The third kappa shape index (κ3) is 3.52. The Bertz CT molecular complexity index is 658. The van der Waals surface area contributed by atoms with Crippen LogP contribution in [0.25, 0.3) is 0 Å². The summed E-state index contributed by atoms with van der Waals surface area (Å²) in [5.74, 6) is 0. The summed E-state index contributed by atoms with van der Waals surface area (Å²) in [6.45, 7) is 8.15. The summed E-state index contributed by atoms with van der Waals surface area (Å²) in [5.41, 5.74) is 3.44. The quantitative estimate of drug-likeness (QED) is 0.860. The van der Waals surface area contributed by atoms with E-state index in [9.17, 15) is 4.79 Å². The number of hydrogen-bond acceptors (Lipinski definition) is 3. The van der Waals surface area contributed by atoms with Crippen molar-refractivity contribution in [3.8, 4) is 0 Å². The van der Waals surface area contributed by atoms with Crippen LogP contribution in [0.3, 0.4) is 0 Å². The first-order chi connectivity index (χ1) is 12.2. The van der Waals surface area contributed by atoms with Gasteiger partial charge in [0.1, 0.15) is 0 Å². The van der Waals surface area contributed by atoms with Crippen LogP contribution in [0.15, 0.2) is 30.4 Å². The van der Waals surface area contributed by atoms with Gasteiger partial charge in [0.05, 0.1) is 0 Å². The molecule has 3 heterocycles. The first-order valence-corrected chi connectivity index (χ1v) is 9.51. The maximum atomic E-state index is 12.6. The van der Waals surface area contributed by atoms with E-state index in [2.05, 4.69) is 46.3 Å². The smallest absolute Gasteiger partial charge is 0.321 e. The lowest BCUT2D eigenvalue weighted by atomic mass is 10.1. The predicted molar refractivity (Wildman–Crippen MR) is 102 cm³/mol. The Hall–Kier alpha value is -2.01. The first kappa shape index (κ1) is 16.5. The number of amides is 2. The van der Waals surface area contributed by atoms with Crippen molar-refractivity contribution in [2.45, 2.75) is 32.2 Å². The van der Waals surface area contributed by atoms with E-state index in [1.807, 2.05) is 11.0 Å². The highest BCUT2D eigenvalue weighted by atomic mass is 16.2. The topological polar surface area (TPSA) is 38.8 Å². The molecule has 0 aliphatic carbocycles. The van der Waals surface area contributed by atoms with Crippen LogP contribution < -0.4 is 10.2 Å². The lowest BCUT2D eigenvalue weighted by Crippen LogP contribution is -2.38. The fraction of sp³-hybridized carbons (Fsp3) is 0.550. The van der Waals surface area contributed by atoms with Crippen LogP contribution in [0.2, 0.25) is 0 Å². The van der Waals surface area contributed by atoms with Crippen molar-refractivity contribution in [3.63, 3.8) is 0 Å². The second kappa shape index (κ2) is 7.08. The maximum Gasteiger partial charge on any atom is 0.321 e. The number of carbonyl (C=O) groups excluding carboxylic acids is 1. The van der Waals surface area contributed by atoms with Gasteiger partial charge in [-0.1, -0.05) is 12.2 Å². The Labute approximate surface area is 150 Å². The molecule has 0 radical (unpaired) electrons. The number of aryl methyl sites for hydroxylation is 1. The van der Waals surface area contributed by atoms with Gasteiger partial charge in [-0.2, -0.15) is 0 Å². The van der Waals surface area contributed by atoms with E-state index in [0.29, 0.717) is 6.04 Å². The molecular formula is C20H28N4O. The van der Waals surface area contributed by atoms with E-state index in [1.165, 1.54) is 24.1 Å². The SMILES string of the molecule is Cc1cc(NC(=O)N2CC[C@@H](N3CC=CC3)C2)ccc1N1CCCC1. The average molecular weight is 340 g/mol. The molecule has 1 atom stereocenters. The summed E-state index contributed by atoms with van der Waals surface area (Å²) in [4.78, 5) is 19.4. The van der Waals surface area contributed by atoms with E-state index >= 15 is 0 Å². The van der Waals surface area contributed by atoms with Gasteiger partial charge in [-0.25, -0.2) is 4.79 Å². The number of nitrogens with zero attached hydrogens (tertiary/aromatic N) is 3. The van der Waals surface area contributed by atoms with E-state index in [0.717, 1.165) is 51.4 Å². The van der Waals surface area contributed by atoms with Crippen LogP contribution in [-0.2, 0) is 0 Å². The third-order valence-corrected chi connectivity index (χ3v) is 5.71. The van der Waals surface area contributed by atoms with E-state index in [1.54, 1.807) is 0 Å². The highest BCUT2D eigenvalue weighted by Crippen LogP contribution is 2.27. The van der Waals surface area contributed by atoms with Crippen molar-refractivity contribution in [1.82, 2.24) is 9.80 Å². The number of rotatable bonds is 3. The number of nitrogens with one attached hydrogen (secondary N) is 1. The van der Waals surface area contributed by atoms with Crippen LogP contribution in [0.5, 0.6) is 0 Å². The second-order valence-corrected chi connectivity index (χ2v) is 7.44. The van der Waals surface area contributed by atoms with Gasteiger partial charge < -0.3 is 15.1 Å². The molecule has 0 unspecified atom stereocenters. The zero-order valence-corrected chi connectivity index (χ0v) is 15.1. The Morgan fingerprint density at radius 3 is 2.60 bits per heavy atom. The number of anilines is 2. The molecular weight excluding hydrogens is 312 g/mol. The summed E-state index contributed by atoms with van der Waals surface area (Å²) in [6.07, 6.45) is 8.06. The maximum absolute atomic E-state index is 12.6.